The van der Waals surface area contributed by atoms with Gasteiger partial charge in [0, 0.05) is 72.7 Å². The zero-order valence-electron chi connectivity index (χ0n) is 16.7. The molecule has 0 amide bonds. The summed E-state index contributed by atoms with van der Waals surface area (Å²) in [6, 6.07) is 12.0. The van der Waals surface area contributed by atoms with E-state index in [9.17, 15) is 0 Å². The minimum absolute atomic E-state index is 0.483. The fraction of sp³-hybridized carbons (Fsp3) is 0.261. The Labute approximate surface area is 174 Å². The lowest BCUT2D eigenvalue weighted by Crippen LogP contribution is -2.24. The number of anilines is 2. The predicted octanol–water partition coefficient (Wildman–Crippen LogP) is 3.66. The maximum Gasteiger partial charge on any atom is 0.213 e. The fourth-order valence-electron chi connectivity index (χ4n) is 3.94. The van der Waals surface area contributed by atoms with Gasteiger partial charge in [-0.3, -0.25) is 0 Å². The Bertz CT molecular complexity index is 1150. The molecule has 30 heavy (non-hydrogen) atoms. The minimum atomic E-state index is 0.483. The second-order valence-electron chi connectivity index (χ2n) is 7.66. The fourth-order valence-corrected chi connectivity index (χ4v) is 3.94. The molecule has 1 aromatic carbocycles. The van der Waals surface area contributed by atoms with Gasteiger partial charge in [0.2, 0.25) is 5.88 Å². The number of nitrogens with one attached hydrogen (secondary N) is 1. The highest BCUT2D eigenvalue weighted by atomic mass is 16.5. The summed E-state index contributed by atoms with van der Waals surface area (Å²) in [6.07, 6.45) is 9.57. The molecule has 7 heteroatoms. The molecule has 0 radical (unpaired) electrons. The lowest BCUT2D eigenvalue weighted by atomic mass is 9.99. The van der Waals surface area contributed by atoms with E-state index in [1.54, 1.807) is 6.20 Å². The van der Waals surface area contributed by atoms with Crippen LogP contribution < -0.4 is 15.8 Å². The molecular formula is C23H24N6O. The molecule has 0 unspecified atom stereocenters. The number of aromatic nitrogens is 4. The van der Waals surface area contributed by atoms with Crippen molar-refractivity contribution in [2.24, 2.45) is 5.92 Å². The smallest absolute Gasteiger partial charge is 0.213 e. The number of pyridine rings is 2. The summed E-state index contributed by atoms with van der Waals surface area (Å²) in [5.41, 5.74) is 8.09. The molecule has 0 saturated carbocycles. The molecular weight excluding hydrogens is 376 g/mol. The largest absolute Gasteiger partial charge is 0.477 e. The first kappa shape index (κ1) is 18.4. The highest BCUT2D eigenvalue weighted by Crippen LogP contribution is 2.26. The maximum absolute atomic E-state index is 5.98. The molecule has 0 saturated heterocycles. The summed E-state index contributed by atoms with van der Waals surface area (Å²) >= 11 is 0. The summed E-state index contributed by atoms with van der Waals surface area (Å²) in [4.78, 5) is 13.0. The van der Waals surface area contributed by atoms with E-state index in [0.29, 0.717) is 30.8 Å². The van der Waals surface area contributed by atoms with Crippen LogP contribution in [-0.4, -0.2) is 26.1 Å². The number of nitrogen functional groups attached to an aromatic ring is 1. The van der Waals surface area contributed by atoms with E-state index in [1.165, 1.54) is 0 Å². The Morgan fingerprint density at radius 1 is 1.07 bits per heavy atom. The molecule has 7 nitrogen and oxygen atoms in total. The Kier molecular flexibility index (Phi) is 4.93. The van der Waals surface area contributed by atoms with Crippen LogP contribution in [0.4, 0.5) is 11.5 Å². The van der Waals surface area contributed by atoms with E-state index in [-0.39, 0.29) is 0 Å². The number of fused-ring (bicyclic) bond motifs is 2. The summed E-state index contributed by atoms with van der Waals surface area (Å²) < 4.78 is 8.16. The number of nitrogens with zero attached hydrogens (tertiary/aromatic N) is 4. The molecule has 0 spiro atoms. The molecule has 0 aliphatic carbocycles. The third-order valence-electron chi connectivity index (χ3n) is 5.64. The third-order valence-corrected chi connectivity index (χ3v) is 5.64. The molecule has 1 aliphatic rings. The standard InChI is InChI=1S/C23H24N6O/c24-23-19-2-1-3-20(18(19)6-8-26-23)27-13-17-4-5-22(28-14-17)30-15-16-7-10-29-11-9-25-21(29)12-16/h1-6,8-9,11,14,16,27H,7,10,12-13,15H2,(H2,24,26)/t16-/m0/s1. The van der Waals surface area contributed by atoms with Crippen molar-refractivity contribution in [2.75, 3.05) is 17.7 Å². The van der Waals surface area contributed by atoms with Crippen molar-refractivity contribution in [3.05, 3.63) is 72.6 Å². The van der Waals surface area contributed by atoms with Crippen LogP contribution in [0.2, 0.25) is 0 Å². The number of rotatable bonds is 6. The first-order valence-corrected chi connectivity index (χ1v) is 10.2. The number of imidazole rings is 1. The second kappa shape index (κ2) is 8.02. The van der Waals surface area contributed by atoms with Crippen molar-refractivity contribution in [2.45, 2.75) is 25.9 Å². The number of nitrogens with two attached hydrogens (primary N) is 1. The average Bonchev–Trinajstić information content (AvgIpc) is 3.25. The van der Waals surface area contributed by atoms with E-state index in [4.69, 9.17) is 10.5 Å². The minimum Gasteiger partial charge on any atom is -0.477 e. The van der Waals surface area contributed by atoms with Gasteiger partial charge >= 0.3 is 0 Å². The number of aryl methyl sites for hydroxylation is 1. The molecule has 3 aromatic heterocycles. The molecule has 4 aromatic rings. The SMILES string of the molecule is Nc1nccc2c(NCc3ccc(OC[C@H]4CCn5ccnc5C4)nc3)cccc12. The van der Waals surface area contributed by atoms with Crippen LogP contribution in [-0.2, 0) is 19.5 Å². The molecule has 5 rings (SSSR count). The van der Waals surface area contributed by atoms with Crippen molar-refractivity contribution in [1.29, 1.82) is 0 Å². The van der Waals surface area contributed by atoms with Crippen LogP contribution in [0.15, 0.2) is 61.2 Å². The van der Waals surface area contributed by atoms with Crippen LogP contribution in [0.25, 0.3) is 10.8 Å². The molecule has 4 heterocycles. The highest BCUT2D eigenvalue weighted by Gasteiger charge is 2.19. The van der Waals surface area contributed by atoms with Gasteiger partial charge in [-0.1, -0.05) is 18.2 Å². The highest BCUT2D eigenvalue weighted by molar-refractivity contribution is 5.99. The zero-order valence-corrected chi connectivity index (χ0v) is 16.7. The van der Waals surface area contributed by atoms with E-state index < -0.39 is 0 Å². The van der Waals surface area contributed by atoms with Crippen molar-refractivity contribution in [3.63, 3.8) is 0 Å². The van der Waals surface area contributed by atoms with Crippen LogP contribution in [0.1, 0.15) is 17.8 Å². The summed E-state index contributed by atoms with van der Waals surface area (Å²) in [7, 11) is 0. The summed E-state index contributed by atoms with van der Waals surface area (Å²) in [5, 5.41) is 5.48. The molecule has 152 valence electrons. The predicted molar refractivity (Wildman–Crippen MR) is 117 cm³/mol. The van der Waals surface area contributed by atoms with E-state index in [2.05, 4.69) is 24.8 Å². The Hall–Kier alpha value is -3.61. The van der Waals surface area contributed by atoms with Crippen molar-refractivity contribution < 1.29 is 4.74 Å². The molecule has 0 bridgehead atoms. The normalized spacial score (nSPS) is 15.7. The van der Waals surface area contributed by atoms with Crippen LogP contribution in [0.3, 0.4) is 0 Å². The van der Waals surface area contributed by atoms with E-state index in [1.807, 2.05) is 55.0 Å². The van der Waals surface area contributed by atoms with Gasteiger partial charge in [0.05, 0.1) is 6.61 Å². The average molecular weight is 400 g/mol. The maximum atomic E-state index is 5.98. The Morgan fingerprint density at radius 3 is 2.93 bits per heavy atom. The Balaban J connectivity index is 1.18. The van der Waals surface area contributed by atoms with Crippen molar-refractivity contribution in [3.8, 4) is 5.88 Å². The van der Waals surface area contributed by atoms with Gasteiger partial charge in [0.15, 0.2) is 0 Å². The van der Waals surface area contributed by atoms with Gasteiger partial charge in [0.1, 0.15) is 11.6 Å². The van der Waals surface area contributed by atoms with Gasteiger partial charge in [-0.15, -0.1) is 0 Å². The summed E-state index contributed by atoms with van der Waals surface area (Å²) in [5.74, 6) is 2.84. The number of hydrogen-bond acceptors (Lipinski definition) is 6. The van der Waals surface area contributed by atoms with E-state index in [0.717, 1.165) is 47.2 Å². The zero-order chi connectivity index (χ0) is 20.3. The van der Waals surface area contributed by atoms with Crippen LogP contribution in [0, 0.1) is 5.92 Å². The van der Waals surface area contributed by atoms with Crippen LogP contribution in [0.5, 0.6) is 5.88 Å². The monoisotopic (exact) mass is 400 g/mol. The first-order valence-electron chi connectivity index (χ1n) is 10.2. The van der Waals surface area contributed by atoms with Gasteiger partial charge in [-0.25, -0.2) is 15.0 Å². The lowest BCUT2D eigenvalue weighted by Gasteiger charge is -2.23. The van der Waals surface area contributed by atoms with Gasteiger partial charge in [-0.2, -0.15) is 0 Å². The lowest BCUT2D eigenvalue weighted by molar-refractivity contribution is 0.212. The second-order valence-corrected chi connectivity index (χ2v) is 7.66. The van der Waals surface area contributed by atoms with Gasteiger partial charge < -0.3 is 20.4 Å². The van der Waals surface area contributed by atoms with Gasteiger partial charge in [0.25, 0.3) is 0 Å². The topological polar surface area (TPSA) is 90.9 Å². The number of hydrogen-bond donors (Lipinski definition) is 2. The first-order chi connectivity index (χ1) is 14.8. The number of ether oxygens (including phenoxy) is 1. The third kappa shape index (κ3) is 3.78. The van der Waals surface area contributed by atoms with E-state index >= 15 is 0 Å². The molecule has 1 atom stereocenters. The number of benzene rings is 1. The molecule has 3 N–H and O–H groups in total. The van der Waals surface area contributed by atoms with Gasteiger partial charge in [-0.05, 0) is 24.1 Å². The van der Waals surface area contributed by atoms with Crippen LogP contribution >= 0.6 is 0 Å². The molecule has 1 aliphatic heterocycles. The van der Waals surface area contributed by atoms with Crippen molar-refractivity contribution >= 4 is 22.3 Å². The summed E-state index contributed by atoms with van der Waals surface area (Å²) in [6.45, 7) is 2.35. The Morgan fingerprint density at radius 2 is 2.03 bits per heavy atom. The molecule has 0 fully saturated rings. The quantitative estimate of drug-likeness (QED) is 0.513. The van der Waals surface area contributed by atoms with Crippen molar-refractivity contribution in [1.82, 2.24) is 19.5 Å².